The van der Waals surface area contributed by atoms with Gasteiger partial charge in [0, 0.05) is 18.5 Å². The van der Waals surface area contributed by atoms with Crippen molar-refractivity contribution in [3.05, 3.63) is 77.9 Å². The first kappa shape index (κ1) is 24.9. The normalized spacial score (nSPS) is 14.5. The third-order valence-electron chi connectivity index (χ3n) is 6.90. The Morgan fingerprint density at radius 2 is 1.54 bits per heavy atom. The summed E-state index contributed by atoms with van der Waals surface area (Å²) < 4.78 is 7.46. The number of aromatic nitrogens is 1. The standard InChI is InChI=1S/C30H32N2O5/c1-21-27-19-25(34)12-15-28(27)32(30(21)23-8-10-24(33)11-9-23)29(35)18-22-6-13-26(14-7-22)36-20-37-31-16-4-2-3-5-17-31/h6-15,19,33-34H,2-5,16-18,20H2,1H3. The van der Waals surface area contributed by atoms with Crippen LogP contribution in [-0.4, -0.2) is 45.6 Å². The summed E-state index contributed by atoms with van der Waals surface area (Å²) in [5.41, 5.74) is 4.04. The second-order valence-corrected chi connectivity index (χ2v) is 9.51. The molecule has 0 atom stereocenters. The van der Waals surface area contributed by atoms with Crippen LogP contribution in [0.5, 0.6) is 17.2 Å². The van der Waals surface area contributed by atoms with E-state index < -0.39 is 0 Å². The van der Waals surface area contributed by atoms with E-state index in [1.165, 1.54) is 12.8 Å². The van der Waals surface area contributed by atoms with Gasteiger partial charge in [0.15, 0.2) is 0 Å². The SMILES string of the molecule is Cc1c(-c2ccc(O)cc2)n(C(=O)Cc2ccc(OCON3CCCCCC3)cc2)c2ccc(O)cc12. The molecule has 0 saturated carbocycles. The molecule has 4 aromatic rings. The molecule has 2 heterocycles. The number of benzene rings is 3. The number of fused-ring (bicyclic) bond motifs is 1. The first-order valence-electron chi connectivity index (χ1n) is 12.8. The lowest BCUT2D eigenvalue weighted by molar-refractivity contribution is -0.200. The highest BCUT2D eigenvalue weighted by Crippen LogP contribution is 2.36. The number of aryl methyl sites for hydroxylation is 1. The maximum atomic E-state index is 13.6. The van der Waals surface area contributed by atoms with Crippen molar-refractivity contribution in [2.45, 2.75) is 39.0 Å². The van der Waals surface area contributed by atoms with Gasteiger partial charge in [-0.2, -0.15) is 5.06 Å². The highest BCUT2D eigenvalue weighted by molar-refractivity contribution is 6.02. The van der Waals surface area contributed by atoms with Gasteiger partial charge < -0.3 is 14.9 Å². The number of hydrogen-bond acceptors (Lipinski definition) is 6. The van der Waals surface area contributed by atoms with E-state index in [0.29, 0.717) is 5.75 Å². The quantitative estimate of drug-likeness (QED) is 0.300. The van der Waals surface area contributed by atoms with Gasteiger partial charge in [0.1, 0.15) is 17.2 Å². The average molecular weight is 501 g/mol. The van der Waals surface area contributed by atoms with E-state index in [9.17, 15) is 15.0 Å². The van der Waals surface area contributed by atoms with Crippen LogP contribution in [0.1, 0.15) is 41.6 Å². The summed E-state index contributed by atoms with van der Waals surface area (Å²) in [4.78, 5) is 19.4. The van der Waals surface area contributed by atoms with Gasteiger partial charge >= 0.3 is 0 Å². The molecule has 3 aromatic carbocycles. The minimum Gasteiger partial charge on any atom is -0.508 e. The lowest BCUT2D eigenvalue weighted by Gasteiger charge is -2.19. The van der Waals surface area contributed by atoms with E-state index in [4.69, 9.17) is 9.57 Å². The first-order valence-corrected chi connectivity index (χ1v) is 12.8. The molecule has 0 radical (unpaired) electrons. The van der Waals surface area contributed by atoms with Crippen LogP contribution < -0.4 is 4.74 Å². The summed E-state index contributed by atoms with van der Waals surface area (Å²) in [6, 6.07) is 19.3. The number of ether oxygens (including phenoxy) is 1. The molecule has 1 aliphatic heterocycles. The van der Waals surface area contributed by atoms with Crippen LogP contribution in [0.3, 0.4) is 0 Å². The Hall–Kier alpha value is -3.81. The molecule has 0 amide bonds. The van der Waals surface area contributed by atoms with Crippen molar-refractivity contribution in [2.75, 3.05) is 19.9 Å². The van der Waals surface area contributed by atoms with Crippen LogP contribution in [0, 0.1) is 6.92 Å². The summed E-state index contributed by atoms with van der Waals surface area (Å²) in [7, 11) is 0. The molecule has 7 nitrogen and oxygen atoms in total. The van der Waals surface area contributed by atoms with Gasteiger partial charge in [-0.05, 0) is 91.1 Å². The third-order valence-corrected chi connectivity index (χ3v) is 6.90. The van der Waals surface area contributed by atoms with Crippen molar-refractivity contribution in [1.82, 2.24) is 9.63 Å². The molecule has 0 unspecified atom stereocenters. The van der Waals surface area contributed by atoms with Gasteiger partial charge in [0.05, 0.1) is 17.6 Å². The maximum absolute atomic E-state index is 13.6. The van der Waals surface area contributed by atoms with E-state index in [-0.39, 0.29) is 30.6 Å². The van der Waals surface area contributed by atoms with E-state index in [2.05, 4.69) is 0 Å². The number of rotatable bonds is 7. The van der Waals surface area contributed by atoms with Crippen LogP contribution in [0.15, 0.2) is 66.7 Å². The fourth-order valence-electron chi connectivity index (χ4n) is 4.96. The summed E-state index contributed by atoms with van der Waals surface area (Å²) in [5.74, 6) is 0.901. The van der Waals surface area contributed by atoms with Crippen LogP contribution in [0.2, 0.25) is 0 Å². The van der Waals surface area contributed by atoms with E-state index in [0.717, 1.165) is 59.2 Å². The van der Waals surface area contributed by atoms with Crippen LogP contribution in [-0.2, 0) is 11.3 Å². The van der Waals surface area contributed by atoms with Crippen molar-refractivity contribution >= 4 is 16.8 Å². The van der Waals surface area contributed by atoms with Crippen molar-refractivity contribution in [2.24, 2.45) is 0 Å². The predicted octanol–water partition coefficient (Wildman–Crippen LogP) is 6.05. The number of hydroxylamine groups is 2. The van der Waals surface area contributed by atoms with Gasteiger partial charge in [-0.1, -0.05) is 25.0 Å². The van der Waals surface area contributed by atoms with Gasteiger partial charge in [-0.25, -0.2) is 0 Å². The molecular weight excluding hydrogens is 468 g/mol. The van der Waals surface area contributed by atoms with E-state index in [1.807, 2.05) is 36.3 Å². The van der Waals surface area contributed by atoms with Crippen LogP contribution in [0.25, 0.3) is 22.2 Å². The maximum Gasteiger partial charge on any atom is 0.236 e. The van der Waals surface area contributed by atoms with Gasteiger partial charge in [0.25, 0.3) is 0 Å². The highest BCUT2D eigenvalue weighted by Gasteiger charge is 2.21. The molecule has 2 N–H and O–H groups in total. The van der Waals surface area contributed by atoms with Crippen LogP contribution >= 0.6 is 0 Å². The Balaban J connectivity index is 1.33. The topological polar surface area (TPSA) is 84.2 Å². The van der Waals surface area contributed by atoms with E-state index in [1.54, 1.807) is 47.0 Å². The second kappa shape index (κ2) is 11.1. The Morgan fingerprint density at radius 3 is 2.24 bits per heavy atom. The number of carbonyl (C=O) groups is 1. The van der Waals surface area contributed by atoms with Gasteiger partial charge in [0.2, 0.25) is 12.7 Å². The number of nitrogens with zero attached hydrogens (tertiary/aromatic N) is 2. The monoisotopic (exact) mass is 500 g/mol. The van der Waals surface area contributed by atoms with Crippen molar-refractivity contribution in [1.29, 1.82) is 0 Å². The minimum atomic E-state index is -0.0926. The molecule has 192 valence electrons. The van der Waals surface area contributed by atoms with Gasteiger partial charge in [-0.15, -0.1) is 0 Å². The molecule has 37 heavy (non-hydrogen) atoms. The predicted molar refractivity (Wildman–Crippen MR) is 143 cm³/mol. The summed E-state index contributed by atoms with van der Waals surface area (Å²) in [6.45, 7) is 3.97. The molecule has 5 rings (SSSR count). The number of carbonyl (C=O) groups excluding carboxylic acids is 1. The number of hydrogen-bond donors (Lipinski definition) is 2. The summed E-state index contributed by atoms with van der Waals surface area (Å²) >= 11 is 0. The third kappa shape index (κ3) is 5.63. The summed E-state index contributed by atoms with van der Waals surface area (Å²) in [5, 5.41) is 22.6. The Kier molecular flexibility index (Phi) is 7.44. The van der Waals surface area contributed by atoms with Gasteiger partial charge in [-0.3, -0.25) is 14.2 Å². The molecule has 7 heteroatoms. The smallest absolute Gasteiger partial charge is 0.236 e. The molecule has 1 fully saturated rings. The number of phenols is 2. The lowest BCUT2D eigenvalue weighted by atomic mass is 10.1. The van der Waals surface area contributed by atoms with Crippen LogP contribution in [0.4, 0.5) is 0 Å². The van der Waals surface area contributed by atoms with Crippen molar-refractivity contribution < 1.29 is 24.6 Å². The molecule has 1 aromatic heterocycles. The first-order chi connectivity index (χ1) is 18.0. The zero-order valence-electron chi connectivity index (χ0n) is 21.0. The minimum absolute atomic E-state index is 0.0926. The molecule has 0 bridgehead atoms. The molecule has 0 spiro atoms. The number of phenolic OH excluding ortho intramolecular Hbond substituents is 2. The fraction of sp³-hybridized carbons (Fsp3) is 0.300. The number of aromatic hydroxyl groups is 2. The molecule has 1 saturated heterocycles. The summed E-state index contributed by atoms with van der Waals surface area (Å²) in [6.07, 6.45) is 4.99. The molecule has 0 aliphatic carbocycles. The Labute approximate surface area is 216 Å². The fourth-order valence-corrected chi connectivity index (χ4v) is 4.96. The Bertz CT molecular complexity index is 1370. The molecule has 1 aliphatic rings. The molecular formula is C30H32N2O5. The zero-order chi connectivity index (χ0) is 25.8. The van der Waals surface area contributed by atoms with Crippen molar-refractivity contribution in [3.63, 3.8) is 0 Å². The lowest BCUT2D eigenvalue weighted by Crippen LogP contribution is -2.26. The van der Waals surface area contributed by atoms with Crippen molar-refractivity contribution in [3.8, 4) is 28.5 Å². The zero-order valence-corrected chi connectivity index (χ0v) is 21.0. The Morgan fingerprint density at radius 1 is 0.865 bits per heavy atom. The second-order valence-electron chi connectivity index (χ2n) is 9.51. The highest BCUT2D eigenvalue weighted by atomic mass is 16.8. The average Bonchev–Trinajstić information content (AvgIpc) is 3.03. The largest absolute Gasteiger partial charge is 0.508 e. The van der Waals surface area contributed by atoms with E-state index >= 15 is 0 Å².